The highest BCUT2D eigenvalue weighted by atomic mass is 32.2. The van der Waals surface area contributed by atoms with Crippen molar-refractivity contribution in [3.8, 4) is 11.5 Å². The zero-order valence-electron chi connectivity index (χ0n) is 16.7. The number of nitrogens with zero attached hydrogens (tertiary/aromatic N) is 4. The molecule has 0 fully saturated rings. The molecule has 3 aromatic rings. The summed E-state index contributed by atoms with van der Waals surface area (Å²) >= 11 is 2.71. The molecule has 0 aliphatic heterocycles. The Morgan fingerprint density at radius 3 is 2.86 bits per heavy atom. The monoisotopic (exact) mass is 433 g/mol. The number of anilines is 1. The Bertz CT molecular complexity index is 959. The summed E-state index contributed by atoms with van der Waals surface area (Å²) in [5, 5.41) is 13.9. The van der Waals surface area contributed by atoms with Crippen molar-refractivity contribution in [1.82, 2.24) is 19.7 Å². The Morgan fingerprint density at radius 1 is 1.31 bits per heavy atom. The van der Waals surface area contributed by atoms with Gasteiger partial charge in [-0.05, 0) is 38.5 Å². The summed E-state index contributed by atoms with van der Waals surface area (Å²) in [6, 6.07) is 5.80. The predicted octanol–water partition coefficient (Wildman–Crippen LogP) is 3.68. The first kappa shape index (κ1) is 21.1. The Balaban J connectivity index is 1.61. The molecule has 2 heterocycles. The zero-order chi connectivity index (χ0) is 20.8. The van der Waals surface area contributed by atoms with E-state index in [1.807, 2.05) is 56.0 Å². The summed E-state index contributed by atoms with van der Waals surface area (Å²) in [6.45, 7) is 6.56. The standard InChI is InChI=1S/C19H23N5O3S2/c1-5-26-15-10-12(2)6-7-14(15)27-11-16-22-23-19(24(16)4)29-13(3)17(25)21-18-20-8-9-28-18/h6-10,13H,5,11H2,1-4H3,(H,20,21,25). The minimum Gasteiger partial charge on any atom is -0.490 e. The van der Waals surface area contributed by atoms with Crippen molar-refractivity contribution < 1.29 is 14.3 Å². The number of nitrogens with one attached hydrogen (secondary N) is 1. The van der Waals surface area contributed by atoms with E-state index in [9.17, 15) is 4.79 Å². The van der Waals surface area contributed by atoms with Crippen LogP contribution < -0.4 is 14.8 Å². The van der Waals surface area contributed by atoms with E-state index in [0.29, 0.717) is 34.2 Å². The molecule has 0 bridgehead atoms. The highest BCUT2D eigenvalue weighted by Gasteiger charge is 2.20. The Hall–Kier alpha value is -2.59. The largest absolute Gasteiger partial charge is 0.490 e. The molecule has 10 heteroatoms. The van der Waals surface area contributed by atoms with Crippen molar-refractivity contribution >= 4 is 34.1 Å². The highest BCUT2D eigenvalue weighted by Crippen LogP contribution is 2.29. The Kier molecular flexibility index (Phi) is 7.10. The summed E-state index contributed by atoms with van der Waals surface area (Å²) in [7, 11) is 1.85. The fourth-order valence-corrected chi connectivity index (χ4v) is 3.79. The van der Waals surface area contributed by atoms with Gasteiger partial charge >= 0.3 is 0 Å². The maximum atomic E-state index is 12.3. The third-order valence-electron chi connectivity index (χ3n) is 3.99. The fourth-order valence-electron chi connectivity index (χ4n) is 2.42. The maximum Gasteiger partial charge on any atom is 0.239 e. The van der Waals surface area contributed by atoms with Crippen LogP contribution in [-0.4, -0.2) is 37.5 Å². The quantitative estimate of drug-likeness (QED) is 0.515. The number of carbonyl (C=O) groups excluding carboxylic acids is 1. The first-order chi connectivity index (χ1) is 14.0. The lowest BCUT2D eigenvalue weighted by molar-refractivity contribution is -0.115. The molecule has 8 nitrogen and oxygen atoms in total. The molecule has 0 saturated heterocycles. The van der Waals surface area contributed by atoms with Crippen LogP contribution in [0.5, 0.6) is 11.5 Å². The van der Waals surface area contributed by atoms with Gasteiger partial charge < -0.3 is 19.4 Å². The number of hydrogen-bond acceptors (Lipinski definition) is 8. The van der Waals surface area contributed by atoms with E-state index in [-0.39, 0.29) is 17.8 Å². The molecule has 0 radical (unpaired) electrons. The SMILES string of the molecule is CCOc1cc(C)ccc1OCc1nnc(SC(C)C(=O)Nc2nccs2)n1C. The van der Waals surface area contributed by atoms with Crippen LogP contribution in [0, 0.1) is 6.92 Å². The number of rotatable bonds is 9. The van der Waals surface area contributed by atoms with Crippen LogP contribution in [0.15, 0.2) is 34.9 Å². The van der Waals surface area contributed by atoms with E-state index in [1.165, 1.54) is 23.1 Å². The molecule has 1 aromatic carbocycles. The molecule has 0 aliphatic carbocycles. The fraction of sp³-hybridized carbons (Fsp3) is 0.368. The minimum atomic E-state index is -0.350. The number of ether oxygens (including phenoxy) is 2. The van der Waals surface area contributed by atoms with Crippen LogP contribution in [0.4, 0.5) is 5.13 Å². The van der Waals surface area contributed by atoms with Crippen LogP contribution in [0.1, 0.15) is 25.2 Å². The van der Waals surface area contributed by atoms with E-state index < -0.39 is 0 Å². The zero-order valence-corrected chi connectivity index (χ0v) is 18.3. The van der Waals surface area contributed by atoms with Crippen LogP contribution in [-0.2, 0) is 18.4 Å². The third-order valence-corrected chi connectivity index (χ3v) is 5.82. The molecule has 1 amide bonds. The molecule has 1 N–H and O–H groups in total. The molecule has 154 valence electrons. The summed E-state index contributed by atoms with van der Waals surface area (Å²) in [4.78, 5) is 16.4. The molecular formula is C19H23N5O3S2. The van der Waals surface area contributed by atoms with Crippen molar-refractivity contribution in [2.24, 2.45) is 7.05 Å². The van der Waals surface area contributed by atoms with E-state index >= 15 is 0 Å². The smallest absolute Gasteiger partial charge is 0.239 e. The van der Waals surface area contributed by atoms with Gasteiger partial charge in [0.1, 0.15) is 6.61 Å². The number of benzene rings is 1. The lowest BCUT2D eigenvalue weighted by atomic mass is 10.2. The molecule has 0 saturated carbocycles. The molecule has 2 aromatic heterocycles. The van der Waals surface area contributed by atoms with E-state index in [1.54, 1.807) is 6.20 Å². The second-order valence-corrected chi connectivity index (χ2v) is 8.42. The van der Waals surface area contributed by atoms with Gasteiger partial charge in [-0.1, -0.05) is 17.8 Å². The molecule has 1 atom stereocenters. The number of amides is 1. The summed E-state index contributed by atoms with van der Waals surface area (Å²) in [6.07, 6.45) is 1.65. The van der Waals surface area contributed by atoms with Crippen molar-refractivity contribution in [2.75, 3.05) is 11.9 Å². The summed E-state index contributed by atoms with van der Waals surface area (Å²) < 4.78 is 13.4. The van der Waals surface area contributed by atoms with E-state index in [0.717, 1.165) is 5.56 Å². The van der Waals surface area contributed by atoms with Crippen LogP contribution >= 0.6 is 23.1 Å². The van der Waals surface area contributed by atoms with E-state index in [4.69, 9.17) is 9.47 Å². The van der Waals surface area contributed by atoms with Gasteiger partial charge in [0.05, 0.1) is 11.9 Å². The van der Waals surface area contributed by atoms with Crippen LogP contribution in [0.2, 0.25) is 0 Å². The molecule has 0 aliphatic rings. The number of thioether (sulfide) groups is 1. The third kappa shape index (κ3) is 5.48. The normalized spacial score (nSPS) is 11.9. The highest BCUT2D eigenvalue weighted by molar-refractivity contribution is 8.00. The summed E-state index contributed by atoms with van der Waals surface area (Å²) in [5.41, 5.74) is 1.10. The predicted molar refractivity (Wildman–Crippen MR) is 114 cm³/mol. The van der Waals surface area contributed by atoms with Gasteiger partial charge in [0.15, 0.2) is 27.6 Å². The van der Waals surface area contributed by atoms with Gasteiger partial charge in [0.2, 0.25) is 5.91 Å². The topological polar surface area (TPSA) is 91.2 Å². The number of thiazole rings is 1. The molecule has 0 spiro atoms. The van der Waals surface area contributed by atoms with Gasteiger partial charge in [0.25, 0.3) is 0 Å². The Morgan fingerprint density at radius 2 is 2.14 bits per heavy atom. The van der Waals surface area contributed by atoms with Crippen LogP contribution in [0.25, 0.3) is 0 Å². The van der Waals surface area contributed by atoms with E-state index in [2.05, 4.69) is 20.5 Å². The van der Waals surface area contributed by atoms with Crippen molar-refractivity contribution in [3.05, 3.63) is 41.2 Å². The van der Waals surface area contributed by atoms with Gasteiger partial charge in [-0.3, -0.25) is 4.79 Å². The molecule has 3 rings (SSSR count). The Labute approximate surface area is 177 Å². The second kappa shape index (κ2) is 9.75. The van der Waals surface area contributed by atoms with Gasteiger partial charge in [-0.15, -0.1) is 21.5 Å². The van der Waals surface area contributed by atoms with Crippen LogP contribution in [0.3, 0.4) is 0 Å². The van der Waals surface area contributed by atoms with Crippen molar-refractivity contribution in [1.29, 1.82) is 0 Å². The average Bonchev–Trinajstić information content (AvgIpc) is 3.32. The minimum absolute atomic E-state index is 0.133. The number of hydrogen-bond donors (Lipinski definition) is 1. The maximum absolute atomic E-state index is 12.3. The number of aryl methyl sites for hydroxylation is 1. The molecule has 1 unspecified atom stereocenters. The molecule has 29 heavy (non-hydrogen) atoms. The van der Waals surface area contributed by atoms with Crippen molar-refractivity contribution in [2.45, 2.75) is 37.8 Å². The lowest BCUT2D eigenvalue weighted by Gasteiger charge is -2.13. The average molecular weight is 434 g/mol. The second-order valence-electron chi connectivity index (χ2n) is 6.22. The summed E-state index contributed by atoms with van der Waals surface area (Å²) in [5.74, 6) is 1.89. The molecular weight excluding hydrogens is 410 g/mol. The van der Waals surface area contributed by atoms with Gasteiger partial charge in [-0.2, -0.15) is 0 Å². The number of aromatic nitrogens is 4. The van der Waals surface area contributed by atoms with Crippen molar-refractivity contribution in [3.63, 3.8) is 0 Å². The lowest BCUT2D eigenvalue weighted by Crippen LogP contribution is -2.22. The first-order valence-electron chi connectivity index (χ1n) is 9.09. The van der Waals surface area contributed by atoms with Gasteiger partial charge in [-0.25, -0.2) is 4.98 Å². The van der Waals surface area contributed by atoms with Gasteiger partial charge in [0, 0.05) is 18.6 Å². The number of carbonyl (C=O) groups is 1. The first-order valence-corrected chi connectivity index (χ1v) is 10.9.